The Bertz CT molecular complexity index is 284. The van der Waals surface area contributed by atoms with Gasteiger partial charge in [0, 0.05) is 0 Å². The molecule has 1 N–H and O–H groups in total. The van der Waals surface area contributed by atoms with Crippen LogP contribution in [-0.2, 0) is 11.0 Å². The normalized spacial score (nSPS) is 22.4. The standard InChI is InChI=1S/C12H22N2OS/c1-12(2,3)16(15)14-11(9-13)10-7-5-4-6-8-10/h10-11,14H,4-8H2,1-3H3/t11-,16?/m1/s1. The molecule has 0 amide bonds. The molecule has 0 aliphatic heterocycles. The summed E-state index contributed by atoms with van der Waals surface area (Å²) in [5, 5.41) is 9.15. The highest BCUT2D eigenvalue weighted by molar-refractivity contribution is 7.84. The van der Waals surface area contributed by atoms with E-state index in [1.807, 2.05) is 20.8 Å². The Labute approximate surface area is 101 Å². The molecule has 0 aromatic heterocycles. The maximum atomic E-state index is 11.9. The van der Waals surface area contributed by atoms with Gasteiger partial charge >= 0.3 is 0 Å². The van der Waals surface area contributed by atoms with Crippen LogP contribution in [0.15, 0.2) is 0 Å². The lowest BCUT2D eigenvalue weighted by Crippen LogP contribution is -2.43. The summed E-state index contributed by atoms with van der Waals surface area (Å²) in [5.41, 5.74) is 0. The lowest BCUT2D eigenvalue weighted by molar-refractivity contribution is 0.325. The highest BCUT2D eigenvalue weighted by atomic mass is 32.2. The fourth-order valence-corrected chi connectivity index (χ4v) is 2.82. The average Bonchev–Trinajstić information content (AvgIpc) is 2.25. The van der Waals surface area contributed by atoms with Crippen molar-refractivity contribution in [3.05, 3.63) is 0 Å². The van der Waals surface area contributed by atoms with E-state index in [4.69, 9.17) is 5.26 Å². The van der Waals surface area contributed by atoms with Crippen molar-refractivity contribution in [3.63, 3.8) is 0 Å². The molecule has 0 aromatic rings. The van der Waals surface area contributed by atoms with E-state index in [1.54, 1.807) is 0 Å². The summed E-state index contributed by atoms with van der Waals surface area (Å²) in [5.74, 6) is 0.380. The van der Waals surface area contributed by atoms with E-state index in [9.17, 15) is 4.21 Å². The SMILES string of the molecule is CC(C)(C)S(=O)N[C@H](C#N)C1CCCCC1. The van der Waals surface area contributed by atoms with Gasteiger partial charge in [0.05, 0.1) is 21.8 Å². The van der Waals surface area contributed by atoms with E-state index in [-0.39, 0.29) is 10.8 Å². The first-order valence-electron chi connectivity index (χ1n) is 6.03. The summed E-state index contributed by atoms with van der Waals surface area (Å²) in [6.07, 6.45) is 5.86. The third kappa shape index (κ3) is 3.88. The monoisotopic (exact) mass is 242 g/mol. The van der Waals surface area contributed by atoms with Crippen LogP contribution in [0.2, 0.25) is 0 Å². The van der Waals surface area contributed by atoms with Gasteiger partial charge in [-0.1, -0.05) is 19.3 Å². The summed E-state index contributed by atoms with van der Waals surface area (Å²) < 4.78 is 14.6. The molecule has 0 spiro atoms. The van der Waals surface area contributed by atoms with Crippen molar-refractivity contribution in [2.75, 3.05) is 0 Å². The minimum absolute atomic E-state index is 0.250. The molecule has 1 unspecified atom stereocenters. The number of nitrogens with one attached hydrogen (secondary N) is 1. The molecule has 16 heavy (non-hydrogen) atoms. The van der Waals surface area contributed by atoms with Gasteiger partial charge < -0.3 is 0 Å². The second kappa shape index (κ2) is 5.79. The number of nitriles is 1. The van der Waals surface area contributed by atoms with E-state index in [2.05, 4.69) is 10.8 Å². The lowest BCUT2D eigenvalue weighted by atomic mass is 9.85. The summed E-state index contributed by atoms with van der Waals surface area (Å²) in [4.78, 5) is 0. The molecule has 0 bridgehead atoms. The molecule has 1 aliphatic carbocycles. The van der Waals surface area contributed by atoms with E-state index >= 15 is 0 Å². The molecule has 0 saturated heterocycles. The molecule has 1 aliphatic rings. The predicted octanol–water partition coefficient (Wildman–Crippen LogP) is 2.51. The molecule has 0 aromatic carbocycles. The molecular formula is C12H22N2OS. The molecule has 0 radical (unpaired) electrons. The summed E-state index contributed by atoms with van der Waals surface area (Å²) in [7, 11) is -1.14. The molecule has 1 saturated carbocycles. The van der Waals surface area contributed by atoms with Crippen molar-refractivity contribution in [1.29, 1.82) is 5.26 Å². The first-order chi connectivity index (χ1) is 7.45. The van der Waals surface area contributed by atoms with Crippen LogP contribution < -0.4 is 4.72 Å². The van der Waals surface area contributed by atoms with Crippen molar-refractivity contribution in [1.82, 2.24) is 4.72 Å². The number of rotatable bonds is 3. The van der Waals surface area contributed by atoms with Gasteiger partial charge in [0.15, 0.2) is 0 Å². The van der Waals surface area contributed by atoms with Crippen LogP contribution in [0.5, 0.6) is 0 Å². The molecule has 92 valence electrons. The van der Waals surface area contributed by atoms with Gasteiger partial charge in [-0.15, -0.1) is 0 Å². The Kier molecular flexibility index (Phi) is 4.94. The fourth-order valence-electron chi connectivity index (χ4n) is 1.99. The third-order valence-electron chi connectivity index (χ3n) is 3.05. The van der Waals surface area contributed by atoms with Crippen molar-refractivity contribution < 1.29 is 4.21 Å². The third-order valence-corrected chi connectivity index (χ3v) is 4.63. The Morgan fingerprint density at radius 1 is 1.31 bits per heavy atom. The lowest BCUT2D eigenvalue weighted by Gasteiger charge is -2.28. The summed E-state index contributed by atoms with van der Waals surface area (Å²) in [6.45, 7) is 5.77. The van der Waals surface area contributed by atoms with Crippen LogP contribution in [0.1, 0.15) is 52.9 Å². The summed E-state index contributed by atoms with van der Waals surface area (Å²) in [6, 6.07) is 2.02. The zero-order valence-electron chi connectivity index (χ0n) is 10.5. The number of hydrogen-bond acceptors (Lipinski definition) is 2. The van der Waals surface area contributed by atoms with Crippen LogP contribution in [0.3, 0.4) is 0 Å². The van der Waals surface area contributed by atoms with Gasteiger partial charge in [-0.2, -0.15) is 5.26 Å². The van der Waals surface area contributed by atoms with Crippen LogP contribution in [0.25, 0.3) is 0 Å². The van der Waals surface area contributed by atoms with Crippen molar-refractivity contribution in [2.45, 2.75) is 63.7 Å². The largest absolute Gasteiger partial charge is 0.242 e. The van der Waals surface area contributed by atoms with E-state index in [1.165, 1.54) is 19.3 Å². The Hall–Kier alpha value is -0.400. The molecule has 4 heteroatoms. The van der Waals surface area contributed by atoms with E-state index < -0.39 is 11.0 Å². The Morgan fingerprint density at radius 2 is 1.88 bits per heavy atom. The van der Waals surface area contributed by atoms with Gasteiger partial charge in [-0.05, 0) is 39.5 Å². The molecule has 3 nitrogen and oxygen atoms in total. The van der Waals surface area contributed by atoms with Gasteiger partial charge in [-0.25, -0.2) is 8.93 Å². The van der Waals surface area contributed by atoms with Crippen molar-refractivity contribution >= 4 is 11.0 Å². The maximum Gasteiger partial charge on any atom is 0.109 e. The zero-order chi connectivity index (χ0) is 12.2. The van der Waals surface area contributed by atoms with Crippen molar-refractivity contribution in [2.24, 2.45) is 5.92 Å². The van der Waals surface area contributed by atoms with Gasteiger partial charge in [-0.3, -0.25) is 0 Å². The molecular weight excluding hydrogens is 220 g/mol. The first-order valence-corrected chi connectivity index (χ1v) is 7.18. The van der Waals surface area contributed by atoms with Crippen molar-refractivity contribution in [3.8, 4) is 6.07 Å². The topological polar surface area (TPSA) is 52.9 Å². The maximum absolute atomic E-state index is 11.9. The Balaban J connectivity index is 2.55. The minimum atomic E-state index is -1.14. The Morgan fingerprint density at radius 3 is 2.31 bits per heavy atom. The van der Waals surface area contributed by atoms with E-state index in [0.29, 0.717) is 5.92 Å². The van der Waals surface area contributed by atoms with E-state index in [0.717, 1.165) is 12.8 Å². The van der Waals surface area contributed by atoms with Gasteiger partial charge in [0.2, 0.25) is 0 Å². The molecule has 1 fully saturated rings. The smallest absolute Gasteiger partial charge is 0.109 e. The van der Waals surface area contributed by atoms with Crippen LogP contribution in [0, 0.1) is 17.2 Å². The van der Waals surface area contributed by atoms with Crippen LogP contribution in [0.4, 0.5) is 0 Å². The number of hydrogen-bond donors (Lipinski definition) is 1. The van der Waals surface area contributed by atoms with Crippen LogP contribution >= 0.6 is 0 Å². The molecule has 1 rings (SSSR count). The highest BCUT2D eigenvalue weighted by Gasteiger charge is 2.28. The predicted molar refractivity (Wildman–Crippen MR) is 67.0 cm³/mol. The quantitative estimate of drug-likeness (QED) is 0.826. The average molecular weight is 242 g/mol. The second-order valence-electron chi connectivity index (χ2n) is 5.50. The first kappa shape index (κ1) is 13.7. The minimum Gasteiger partial charge on any atom is -0.242 e. The highest BCUT2D eigenvalue weighted by Crippen LogP contribution is 2.27. The molecule has 0 heterocycles. The fraction of sp³-hybridized carbons (Fsp3) is 0.917. The van der Waals surface area contributed by atoms with Gasteiger partial charge in [0.25, 0.3) is 0 Å². The van der Waals surface area contributed by atoms with Crippen LogP contribution in [-0.4, -0.2) is 15.0 Å². The second-order valence-corrected chi connectivity index (χ2v) is 7.50. The number of nitrogens with zero attached hydrogens (tertiary/aromatic N) is 1. The molecule has 2 atom stereocenters. The van der Waals surface area contributed by atoms with Gasteiger partial charge in [0.1, 0.15) is 6.04 Å². The summed E-state index contributed by atoms with van der Waals surface area (Å²) >= 11 is 0. The zero-order valence-corrected chi connectivity index (χ0v) is 11.3.